The molecule has 8 aromatic rings. The van der Waals surface area contributed by atoms with E-state index in [4.69, 9.17) is 9.47 Å². The Kier molecular flexibility index (Phi) is 6.50. The van der Waals surface area contributed by atoms with Crippen LogP contribution in [0.1, 0.15) is 0 Å². The number of methoxy groups -OCH3 is 2. The van der Waals surface area contributed by atoms with Crippen LogP contribution in [-0.4, -0.2) is 24.4 Å². The molecule has 2 N–H and O–H groups in total. The van der Waals surface area contributed by atoms with Crippen LogP contribution in [-0.2, 0) is 0 Å². The number of aromatic hydroxyl groups is 2. The largest absolute Gasteiger partial charge is 0.507 e. The Hall–Kier alpha value is -6.00. The fourth-order valence-electron chi connectivity index (χ4n) is 6.95. The van der Waals surface area contributed by atoms with Gasteiger partial charge < -0.3 is 19.7 Å². The molecule has 0 aliphatic rings. The fraction of sp³-hybridized carbons (Fsp3) is 0.0476. The number of ether oxygens (including phenoxy) is 2. The van der Waals surface area contributed by atoms with Gasteiger partial charge in [0.1, 0.15) is 23.0 Å². The van der Waals surface area contributed by atoms with Crippen molar-refractivity contribution in [1.29, 1.82) is 0 Å². The van der Waals surface area contributed by atoms with E-state index in [0.717, 1.165) is 54.2 Å². The second-order valence-corrected chi connectivity index (χ2v) is 11.5. The van der Waals surface area contributed by atoms with Gasteiger partial charge in [0.05, 0.1) is 14.2 Å². The summed E-state index contributed by atoms with van der Waals surface area (Å²) in [5, 5.41) is 32.4. The summed E-state index contributed by atoms with van der Waals surface area (Å²) < 4.78 is 11.8. The Labute approximate surface area is 266 Å². The van der Waals surface area contributed by atoms with Gasteiger partial charge in [-0.15, -0.1) is 0 Å². The van der Waals surface area contributed by atoms with Gasteiger partial charge in [0.2, 0.25) is 0 Å². The van der Waals surface area contributed by atoms with Crippen molar-refractivity contribution >= 4 is 43.1 Å². The van der Waals surface area contributed by atoms with Crippen LogP contribution in [0.5, 0.6) is 23.0 Å². The number of phenols is 2. The van der Waals surface area contributed by atoms with Gasteiger partial charge in [-0.05, 0) is 67.4 Å². The summed E-state index contributed by atoms with van der Waals surface area (Å²) in [5.74, 6) is 1.44. The minimum absolute atomic E-state index is 0.0646. The van der Waals surface area contributed by atoms with Crippen LogP contribution in [0.15, 0.2) is 133 Å². The van der Waals surface area contributed by atoms with Crippen molar-refractivity contribution in [2.45, 2.75) is 0 Å². The zero-order valence-corrected chi connectivity index (χ0v) is 25.4. The molecule has 0 bridgehead atoms. The first-order valence-electron chi connectivity index (χ1n) is 15.2. The maximum Gasteiger partial charge on any atom is 0.132 e. The summed E-state index contributed by atoms with van der Waals surface area (Å²) >= 11 is 0. The van der Waals surface area contributed by atoms with E-state index in [1.807, 2.05) is 121 Å². The minimum Gasteiger partial charge on any atom is -0.507 e. The Bertz CT molecular complexity index is 2300. The van der Waals surface area contributed by atoms with Crippen LogP contribution in [0.25, 0.3) is 76.5 Å². The van der Waals surface area contributed by atoms with Gasteiger partial charge in [0.25, 0.3) is 0 Å². The molecule has 0 unspecified atom stereocenters. The highest BCUT2D eigenvalue weighted by atomic mass is 16.5. The highest BCUT2D eigenvalue weighted by Crippen LogP contribution is 2.54. The van der Waals surface area contributed by atoms with Gasteiger partial charge in [-0.2, -0.15) is 0 Å². The third-order valence-electron chi connectivity index (χ3n) is 9.06. The molecule has 8 rings (SSSR count). The average Bonchev–Trinajstić information content (AvgIpc) is 3.10. The van der Waals surface area contributed by atoms with Crippen molar-refractivity contribution in [2.75, 3.05) is 14.2 Å². The molecule has 4 heteroatoms. The Morgan fingerprint density at radius 3 is 1.07 bits per heavy atom. The quantitative estimate of drug-likeness (QED) is 0.207. The number of rotatable bonds is 5. The number of hydrogen-bond donors (Lipinski definition) is 2. The molecule has 0 aliphatic heterocycles. The van der Waals surface area contributed by atoms with Crippen molar-refractivity contribution in [2.24, 2.45) is 0 Å². The molecule has 0 fully saturated rings. The molecule has 0 aromatic heterocycles. The Morgan fingerprint density at radius 2 is 0.696 bits per heavy atom. The molecular weight excluding hydrogens is 568 g/mol. The smallest absolute Gasteiger partial charge is 0.132 e. The number of phenolic OH excluding ortho intramolecular Hbond substituents is 2. The normalized spacial score (nSPS) is 11.4. The van der Waals surface area contributed by atoms with Gasteiger partial charge in [0.15, 0.2) is 0 Å². The molecular formula is C42H30O4. The lowest BCUT2D eigenvalue weighted by atomic mass is 9.85. The molecule has 0 saturated heterocycles. The lowest BCUT2D eigenvalue weighted by Gasteiger charge is -2.21. The zero-order valence-electron chi connectivity index (χ0n) is 25.4. The molecule has 4 nitrogen and oxygen atoms in total. The monoisotopic (exact) mass is 598 g/mol. The van der Waals surface area contributed by atoms with E-state index in [1.165, 1.54) is 0 Å². The maximum absolute atomic E-state index is 12.4. The van der Waals surface area contributed by atoms with Crippen LogP contribution in [0.4, 0.5) is 0 Å². The van der Waals surface area contributed by atoms with Crippen molar-refractivity contribution in [3.8, 4) is 56.4 Å². The zero-order chi connectivity index (χ0) is 31.4. The summed E-state index contributed by atoms with van der Waals surface area (Å²) in [7, 11) is 3.30. The van der Waals surface area contributed by atoms with Crippen LogP contribution < -0.4 is 9.47 Å². The van der Waals surface area contributed by atoms with E-state index in [1.54, 1.807) is 14.2 Å². The van der Waals surface area contributed by atoms with E-state index < -0.39 is 0 Å². The molecule has 46 heavy (non-hydrogen) atoms. The third-order valence-corrected chi connectivity index (χ3v) is 9.06. The number of benzene rings is 8. The van der Waals surface area contributed by atoms with Crippen molar-refractivity contribution in [3.05, 3.63) is 133 Å². The summed E-state index contributed by atoms with van der Waals surface area (Å²) in [6, 6.07) is 44.1. The molecule has 0 radical (unpaired) electrons. The first-order chi connectivity index (χ1) is 22.6. The summed E-state index contributed by atoms with van der Waals surface area (Å²) in [4.78, 5) is 0. The van der Waals surface area contributed by atoms with E-state index >= 15 is 0 Å². The second kappa shape index (κ2) is 10.9. The minimum atomic E-state index is 0.0646. The predicted molar refractivity (Wildman–Crippen MR) is 189 cm³/mol. The molecule has 0 heterocycles. The SMILES string of the molecule is COc1ccc2ccccc2c1-c1c(O)c(-c2cc3ccccc3c(-c3c(OC)ccc4ccccc34)c2O)cc2ccccc12. The van der Waals surface area contributed by atoms with E-state index in [-0.39, 0.29) is 11.5 Å². The van der Waals surface area contributed by atoms with Crippen LogP contribution in [0, 0.1) is 0 Å². The third kappa shape index (κ3) is 4.15. The average molecular weight is 599 g/mol. The standard InChI is InChI=1S/C42H30O4/c1-45-35-21-19-25-11-3-7-15-29(25)37(35)39-31-17-9-5-13-27(31)23-33(41(39)43)34-24-28-14-6-10-18-32(28)40(42(34)44)38-30-16-8-4-12-26(30)20-22-36(38)46-2/h3-24,43-44H,1-2H3. The number of hydrogen-bond acceptors (Lipinski definition) is 4. The van der Waals surface area contributed by atoms with Crippen molar-refractivity contribution in [3.63, 3.8) is 0 Å². The number of fused-ring (bicyclic) bond motifs is 4. The first kappa shape index (κ1) is 27.5. The molecule has 0 saturated carbocycles. The van der Waals surface area contributed by atoms with Crippen molar-refractivity contribution in [1.82, 2.24) is 0 Å². The topological polar surface area (TPSA) is 58.9 Å². The summed E-state index contributed by atoms with van der Waals surface area (Å²) in [6.45, 7) is 0. The molecule has 0 atom stereocenters. The molecule has 0 aliphatic carbocycles. The van der Waals surface area contributed by atoms with Gasteiger partial charge >= 0.3 is 0 Å². The van der Waals surface area contributed by atoms with E-state index in [9.17, 15) is 10.2 Å². The lowest BCUT2D eigenvalue weighted by molar-refractivity contribution is 0.416. The van der Waals surface area contributed by atoms with Gasteiger partial charge in [-0.25, -0.2) is 0 Å². The molecule has 0 amide bonds. The van der Waals surface area contributed by atoms with Crippen LogP contribution in [0.2, 0.25) is 0 Å². The molecule has 222 valence electrons. The fourth-order valence-corrected chi connectivity index (χ4v) is 6.95. The first-order valence-corrected chi connectivity index (χ1v) is 15.2. The van der Waals surface area contributed by atoms with Crippen LogP contribution in [0.3, 0.4) is 0 Å². The second-order valence-electron chi connectivity index (χ2n) is 11.5. The van der Waals surface area contributed by atoms with Crippen molar-refractivity contribution < 1.29 is 19.7 Å². The van der Waals surface area contributed by atoms with Gasteiger partial charge in [0, 0.05) is 33.4 Å². The maximum atomic E-state index is 12.4. The lowest BCUT2D eigenvalue weighted by Crippen LogP contribution is -1.95. The summed E-state index contributed by atoms with van der Waals surface area (Å²) in [6.07, 6.45) is 0. The summed E-state index contributed by atoms with van der Waals surface area (Å²) in [5.41, 5.74) is 3.94. The van der Waals surface area contributed by atoms with Gasteiger partial charge in [-0.3, -0.25) is 0 Å². The highest BCUT2D eigenvalue weighted by Gasteiger charge is 2.26. The molecule has 0 spiro atoms. The van der Waals surface area contributed by atoms with Gasteiger partial charge in [-0.1, -0.05) is 109 Å². The Balaban J connectivity index is 1.52. The Morgan fingerprint density at radius 1 is 0.370 bits per heavy atom. The highest BCUT2D eigenvalue weighted by molar-refractivity contribution is 6.15. The van der Waals surface area contributed by atoms with E-state index in [0.29, 0.717) is 33.8 Å². The molecule has 8 aromatic carbocycles. The van der Waals surface area contributed by atoms with Crippen LogP contribution >= 0.6 is 0 Å². The predicted octanol–water partition coefficient (Wildman–Crippen LogP) is 10.7. The van der Waals surface area contributed by atoms with E-state index in [2.05, 4.69) is 12.1 Å².